The van der Waals surface area contributed by atoms with Crippen molar-refractivity contribution in [3.63, 3.8) is 0 Å². The first-order chi connectivity index (χ1) is 9.95. The molecule has 0 spiro atoms. The molecule has 0 bridgehead atoms. The van der Waals surface area contributed by atoms with Crippen molar-refractivity contribution in [1.82, 2.24) is 15.4 Å². The zero-order chi connectivity index (χ0) is 15.5. The van der Waals surface area contributed by atoms with Gasteiger partial charge in [-0.15, -0.1) is 10.2 Å². The smallest absolute Gasteiger partial charge is 0.364 e. The third-order valence-electron chi connectivity index (χ3n) is 3.01. The molecular weight excluding hydrogens is 285 g/mol. The molecule has 0 saturated heterocycles. The Balaban J connectivity index is 2.08. The monoisotopic (exact) mass is 300 g/mol. The lowest BCUT2D eigenvalue weighted by atomic mass is 10.1. The Bertz CT molecular complexity index is 571. The predicted octanol–water partition coefficient (Wildman–Crippen LogP) is 3.22. The van der Waals surface area contributed by atoms with Crippen molar-refractivity contribution >= 4 is 5.82 Å². The van der Waals surface area contributed by atoms with Crippen LogP contribution >= 0.6 is 0 Å². The molecule has 0 unspecified atom stereocenters. The lowest BCUT2D eigenvalue weighted by Crippen LogP contribution is -2.11. The minimum absolute atomic E-state index is 0.272. The van der Waals surface area contributed by atoms with Crippen LogP contribution in [0.5, 0.6) is 0 Å². The lowest BCUT2D eigenvalue weighted by Gasteiger charge is -2.07. The second-order valence-electron chi connectivity index (χ2n) is 4.39. The topological polar surface area (TPSA) is 63.8 Å². The molecule has 0 aliphatic heterocycles. The highest BCUT2D eigenvalue weighted by atomic mass is 19.4. The zero-order valence-electron chi connectivity index (χ0n) is 11.7. The van der Waals surface area contributed by atoms with Crippen LogP contribution in [0.25, 0.3) is 0 Å². The number of hydrogen-bond donors (Lipinski definition) is 1. The first-order valence-electron chi connectivity index (χ1n) is 6.56. The fourth-order valence-electron chi connectivity index (χ4n) is 1.89. The van der Waals surface area contributed by atoms with Gasteiger partial charge in [0.05, 0.1) is 5.69 Å². The van der Waals surface area contributed by atoms with Crippen molar-refractivity contribution in [3.05, 3.63) is 34.8 Å². The van der Waals surface area contributed by atoms with E-state index in [1.54, 1.807) is 0 Å². The first kappa shape index (κ1) is 15.3. The molecule has 2 aromatic heterocycles. The van der Waals surface area contributed by atoms with Crippen LogP contribution in [0.4, 0.5) is 19.0 Å². The molecular formula is C13H15F3N4O. The largest absolute Gasteiger partial charge is 0.435 e. The first-order valence-corrected chi connectivity index (χ1v) is 6.56. The fourth-order valence-corrected chi connectivity index (χ4v) is 1.89. The quantitative estimate of drug-likeness (QED) is 0.918. The van der Waals surface area contributed by atoms with Gasteiger partial charge in [-0.1, -0.05) is 19.0 Å². The molecule has 0 amide bonds. The summed E-state index contributed by atoms with van der Waals surface area (Å²) >= 11 is 0. The molecule has 1 N–H and O–H groups in total. The van der Waals surface area contributed by atoms with Crippen molar-refractivity contribution in [2.45, 2.75) is 39.4 Å². The predicted molar refractivity (Wildman–Crippen MR) is 69.6 cm³/mol. The van der Waals surface area contributed by atoms with Crippen LogP contribution in [0, 0.1) is 0 Å². The lowest BCUT2D eigenvalue weighted by molar-refractivity contribution is -0.141. The Morgan fingerprint density at radius 2 is 1.90 bits per heavy atom. The van der Waals surface area contributed by atoms with Gasteiger partial charge >= 0.3 is 6.18 Å². The Kier molecular flexibility index (Phi) is 4.44. The van der Waals surface area contributed by atoms with E-state index in [-0.39, 0.29) is 5.82 Å². The molecule has 0 atom stereocenters. The molecule has 2 rings (SSSR count). The second-order valence-corrected chi connectivity index (χ2v) is 4.39. The third-order valence-corrected chi connectivity index (χ3v) is 3.01. The van der Waals surface area contributed by atoms with E-state index < -0.39 is 11.9 Å². The van der Waals surface area contributed by atoms with Gasteiger partial charge in [-0.2, -0.15) is 13.2 Å². The summed E-state index contributed by atoms with van der Waals surface area (Å²) in [6, 6.07) is 2.14. The highest BCUT2D eigenvalue weighted by Crippen LogP contribution is 2.27. The number of halogens is 3. The Labute approximate surface area is 119 Å². The van der Waals surface area contributed by atoms with Gasteiger partial charge in [-0.3, -0.25) is 0 Å². The summed E-state index contributed by atoms with van der Waals surface area (Å²) in [7, 11) is 0. The summed E-state index contributed by atoms with van der Waals surface area (Å²) < 4.78 is 42.4. The molecule has 0 fully saturated rings. The minimum atomic E-state index is -4.48. The van der Waals surface area contributed by atoms with Gasteiger partial charge in [0.2, 0.25) is 0 Å². The van der Waals surface area contributed by atoms with Crippen LogP contribution in [0.15, 0.2) is 16.7 Å². The maximum absolute atomic E-state index is 12.4. The van der Waals surface area contributed by atoms with Gasteiger partial charge in [0, 0.05) is 18.5 Å². The van der Waals surface area contributed by atoms with Crippen molar-refractivity contribution in [1.29, 1.82) is 0 Å². The van der Waals surface area contributed by atoms with E-state index in [0.717, 1.165) is 29.5 Å². The molecule has 5 nitrogen and oxygen atoms in total. The third kappa shape index (κ3) is 3.50. The van der Waals surface area contributed by atoms with Crippen LogP contribution in [0.3, 0.4) is 0 Å². The highest BCUT2D eigenvalue weighted by molar-refractivity contribution is 5.36. The second kappa shape index (κ2) is 6.11. The number of nitrogens with one attached hydrogen (secondary N) is 1. The normalized spacial score (nSPS) is 11.7. The summed E-state index contributed by atoms with van der Waals surface area (Å²) in [5.74, 6) is 1.03. The molecule has 0 saturated carbocycles. The Morgan fingerprint density at radius 3 is 2.43 bits per heavy atom. The number of rotatable bonds is 5. The minimum Gasteiger partial charge on any atom is -0.364 e. The standard InChI is InChI=1S/C13H15F3N4O/c1-3-9-8(10(4-2)21-20-9)7-17-12-6-5-11(18-19-12)13(14,15)16/h5-6H,3-4,7H2,1-2H3,(H,17,19). The SMILES string of the molecule is CCc1noc(CC)c1CNc1ccc(C(F)(F)F)nn1. The van der Waals surface area contributed by atoms with Crippen molar-refractivity contribution in [2.24, 2.45) is 0 Å². The van der Waals surface area contributed by atoms with Crippen molar-refractivity contribution in [3.8, 4) is 0 Å². The van der Waals surface area contributed by atoms with E-state index in [2.05, 4.69) is 20.7 Å². The van der Waals surface area contributed by atoms with Crippen LogP contribution in [-0.2, 0) is 25.6 Å². The number of nitrogens with zero attached hydrogens (tertiary/aromatic N) is 3. The number of aromatic nitrogens is 3. The average Bonchev–Trinajstić information content (AvgIpc) is 2.86. The van der Waals surface area contributed by atoms with E-state index >= 15 is 0 Å². The number of anilines is 1. The van der Waals surface area contributed by atoms with E-state index in [9.17, 15) is 13.2 Å². The molecule has 21 heavy (non-hydrogen) atoms. The molecule has 0 aromatic carbocycles. The van der Waals surface area contributed by atoms with Crippen LogP contribution < -0.4 is 5.32 Å². The summed E-state index contributed by atoms with van der Waals surface area (Å²) in [4.78, 5) is 0. The van der Waals surface area contributed by atoms with Crippen LogP contribution in [0.2, 0.25) is 0 Å². The van der Waals surface area contributed by atoms with Crippen LogP contribution in [-0.4, -0.2) is 15.4 Å². The van der Waals surface area contributed by atoms with E-state index in [1.807, 2.05) is 13.8 Å². The maximum Gasteiger partial charge on any atom is 0.435 e. The Hall–Kier alpha value is -2.12. The summed E-state index contributed by atoms with van der Waals surface area (Å²) in [6.07, 6.45) is -3.06. The molecule has 2 heterocycles. The van der Waals surface area contributed by atoms with Gasteiger partial charge in [0.1, 0.15) is 11.6 Å². The average molecular weight is 300 g/mol. The van der Waals surface area contributed by atoms with Gasteiger partial charge in [-0.05, 0) is 18.6 Å². The molecule has 2 aromatic rings. The molecule has 0 aliphatic rings. The number of aryl methyl sites for hydroxylation is 2. The van der Waals surface area contributed by atoms with Crippen LogP contribution in [0.1, 0.15) is 36.6 Å². The molecule has 0 aliphatic carbocycles. The summed E-state index contributed by atoms with van der Waals surface area (Å²) in [6.45, 7) is 4.29. The van der Waals surface area contributed by atoms with E-state index in [4.69, 9.17) is 4.52 Å². The Morgan fingerprint density at radius 1 is 1.14 bits per heavy atom. The molecule has 114 valence electrons. The van der Waals surface area contributed by atoms with E-state index in [0.29, 0.717) is 13.0 Å². The van der Waals surface area contributed by atoms with Crippen molar-refractivity contribution < 1.29 is 17.7 Å². The number of hydrogen-bond acceptors (Lipinski definition) is 5. The van der Waals surface area contributed by atoms with E-state index in [1.165, 1.54) is 6.07 Å². The fraction of sp³-hybridized carbons (Fsp3) is 0.462. The van der Waals surface area contributed by atoms with Gasteiger partial charge in [-0.25, -0.2) is 0 Å². The zero-order valence-corrected chi connectivity index (χ0v) is 11.7. The summed E-state index contributed by atoms with van der Waals surface area (Å²) in [5, 5.41) is 13.6. The van der Waals surface area contributed by atoms with Gasteiger partial charge in [0.15, 0.2) is 5.69 Å². The van der Waals surface area contributed by atoms with Crippen molar-refractivity contribution in [2.75, 3.05) is 5.32 Å². The molecule has 0 radical (unpaired) electrons. The number of alkyl halides is 3. The van der Waals surface area contributed by atoms with Gasteiger partial charge in [0.25, 0.3) is 0 Å². The maximum atomic E-state index is 12.4. The summed E-state index contributed by atoms with van der Waals surface area (Å²) in [5.41, 5.74) is 0.738. The molecule has 8 heteroatoms. The van der Waals surface area contributed by atoms with Gasteiger partial charge < -0.3 is 9.84 Å². The highest BCUT2D eigenvalue weighted by Gasteiger charge is 2.32.